The van der Waals surface area contributed by atoms with Crippen molar-refractivity contribution in [3.05, 3.63) is 135 Å². The van der Waals surface area contributed by atoms with Gasteiger partial charge in [-0.3, -0.25) is 0 Å². The van der Waals surface area contributed by atoms with Crippen LogP contribution in [0.15, 0.2) is 84.9 Å². The first-order valence-corrected chi connectivity index (χ1v) is 21.4. The van der Waals surface area contributed by atoms with Gasteiger partial charge in [-0.05, 0) is 171 Å². The first-order valence-electron chi connectivity index (χ1n) is 21.4. The molecule has 0 atom stereocenters. The summed E-state index contributed by atoms with van der Waals surface area (Å²) in [6.07, 6.45) is 9.69. The fourth-order valence-corrected chi connectivity index (χ4v) is 11.5. The van der Waals surface area contributed by atoms with Crippen molar-refractivity contribution in [2.45, 2.75) is 155 Å². The summed E-state index contributed by atoms with van der Waals surface area (Å²) in [6.45, 7) is 27.2. The molecule has 55 heavy (non-hydrogen) atoms. The van der Waals surface area contributed by atoms with E-state index in [4.69, 9.17) is 0 Å². The number of nitrogens with zero attached hydrogens (tertiary/aromatic N) is 1. The molecule has 0 fully saturated rings. The lowest BCUT2D eigenvalue weighted by atomic mass is 9.62. The van der Waals surface area contributed by atoms with Gasteiger partial charge in [-0.1, -0.05) is 130 Å². The third-order valence-corrected chi connectivity index (χ3v) is 15.0. The van der Waals surface area contributed by atoms with Gasteiger partial charge in [0, 0.05) is 11.0 Å². The van der Waals surface area contributed by atoms with Gasteiger partial charge < -0.3 is 4.90 Å². The van der Waals surface area contributed by atoms with Crippen LogP contribution in [0.5, 0.6) is 0 Å². The van der Waals surface area contributed by atoms with Crippen molar-refractivity contribution in [1.82, 2.24) is 0 Å². The average molecular weight is 726 g/mol. The molecule has 0 amide bonds. The Hall–Kier alpha value is -4.10. The number of hydrogen-bond acceptors (Lipinski definition) is 1. The maximum atomic E-state index is 2.79. The highest BCUT2D eigenvalue weighted by Gasteiger charge is 2.44. The average Bonchev–Trinajstić information content (AvgIpc) is 3.37. The fraction of sp³-hybridized carbons (Fsp3) is 0.444. The van der Waals surface area contributed by atoms with Gasteiger partial charge in [0.05, 0.1) is 17.1 Å². The highest BCUT2D eigenvalue weighted by molar-refractivity contribution is 5.97. The fourth-order valence-electron chi connectivity index (χ4n) is 11.5. The molecule has 0 saturated carbocycles. The Morgan fingerprint density at radius 1 is 0.418 bits per heavy atom. The number of hydrogen-bond donors (Lipinski definition) is 0. The predicted molar refractivity (Wildman–Crippen MR) is 236 cm³/mol. The minimum absolute atomic E-state index is 0.0253. The molecule has 0 bridgehead atoms. The molecular formula is C54H63N. The molecular weight excluding hydrogens is 663 g/mol. The number of benzene rings is 5. The van der Waals surface area contributed by atoms with E-state index in [0.29, 0.717) is 0 Å². The lowest BCUT2D eigenvalue weighted by molar-refractivity contribution is 0.331. The Morgan fingerprint density at radius 2 is 0.927 bits per heavy atom. The lowest BCUT2D eigenvalue weighted by Crippen LogP contribution is -2.37. The van der Waals surface area contributed by atoms with Gasteiger partial charge >= 0.3 is 0 Å². The van der Waals surface area contributed by atoms with Crippen LogP contribution in [0.4, 0.5) is 17.1 Å². The summed E-state index contributed by atoms with van der Waals surface area (Å²) in [7, 11) is 0. The van der Waals surface area contributed by atoms with Gasteiger partial charge in [0.25, 0.3) is 0 Å². The Bertz CT molecular complexity index is 2300. The zero-order valence-corrected chi connectivity index (χ0v) is 35.7. The molecule has 5 aromatic carbocycles. The molecule has 4 aliphatic rings. The quantitative estimate of drug-likeness (QED) is 0.178. The summed E-state index contributed by atoms with van der Waals surface area (Å²) in [6, 6.07) is 34.1. The highest BCUT2D eigenvalue weighted by Crippen LogP contribution is 2.59. The second kappa shape index (κ2) is 12.2. The van der Waals surface area contributed by atoms with Crippen molar-refractivity contribution in [3.63, 3.8) is 0 Å². The van der Waals surface area contributed by atoms with Gasteiger partial charge in [-0.15, -0.1) is 0 Å². The Kier molecular flexibility index (Phi) is 8.10. The molecule has 0 spiro atoms. The van der Waals surface area contributed by atoms with Crippen LogP contribution in [-0.4, -0.2) is 0 Å². The van der Waals surface area contributed by atoms with Gasteiger partial charge in [0.15, 0.2) is 0 Å². The normalized spacial score (nSPS) is 20.4. The number of aryl methyl sites for hydroxylation is 3. The van der Waals surface area contributed by atoms with E-state index in [9.17, 15) is 0 Å². The largest absolute Gasteiger partial charge is 0.309 e. The highest BCUT2D eigenvalue weighted by atomic mass is 15.2. The van der Waals surface area contributed by atoms with Crippen molar-refractivity contribution in [1.29, 1.82) is 0 Å². The molecule has 0 heterocycles. The Labute approximate surface area is 332 Å². The van der Waals surface area contributed by atoms with E-state index < -0.39 is 0 Å². The van der Waals surface area contributed by atoms with Crippen molar-refractivity contribution in [2.75, 3.05) is 4.90 Å². The monoisotopic (exact) mass is 725 g/mol. The standard InChI is InChI=1S/C54H63N/c1-34-30-35-18-12-13-19-36(35)31-38(34)40-32-39-37-20-14-15-21-41(37)54(10,11)44(39)33-47(40)55(45-24-16-22-42-48(45)52(6,7)28-26-50(42,2)3)46-25-17-23-43-49(46)53(8,9)29-27-51(43,4)5/h14-17,20-25,30-33H,12-13,18-19,26-29H2,1-11H3. The first-order chi connectivity index (χ1) is 25.9. The smallest absolute Gasteiger partial charge is 0.0543 e. The molecule has 284 valence electrons. The van der Waals surface area contributed by atoms with E-state index in [1.807, 2.05) is 0 Å². The molecule has 0 aromatic heterocycles. The topological polar surface area (TPSA) is 3.24 Å². The molecule has 5 aromatic rings. The van der Waals surface area contributed by atoms with E-state index >= 15 is 0 Å². The minimum Gasteiger partial charge on any atom is -0.309 e. The van der Waals surface area contributed by atoms with Crippen LogP contribution in [0.25, 0.3) is 22.3 Å². The van der Waals surface area contributed by atoms with Crippen molar-refractivity contribution >= 4 is 17.1 Å². The summed E-state index contributed by atoms with van der Waals surface area (Å²) < 4.78 is 0. The third kappa shape index (κ3) is 5.53. The summed E-state index contributed by atoms with van der Waals surface area (Å²) in [5.74, 6) is 0. The van der Waals surface area contributed by atoms with Gasteiger partial charge in [0.2, 0.25) is 0 Å². The van der Waals surface area contributed by atoms with Crippen LogP contribution < -0.4 is 4.90 Å². The van der Waals surface area contributed by atoms with E-state index in [1.165, 1.54) is 130 Å². The van der Waals surface area contributed by atoms with Crippen molar-refractivity contribution < 1.29 is 0 Å². The van der Waals surface area contributed by atoms with Crippen molar-refractivity contribution in [2.24, 2.45) is 0 Å². The maximum absolute atomic E-state index is 2.79. The Morgan fingerprint density at radius 3 is 1.51 bits per heavy atom. The summed E-state index contributed by atoms with van der Waals surface area (Å²) >= 11 is 0. The van der Waals surface area contributed by atoms with Gasteiger partial charge in [0.1, 0.15) is 0 Å². The van der Waals surface area contributed by atoms with E-state index in [1.54, 1.807) is 11.1 Å². The van der Waals surface area contributed by atoms with Crippen molar-refractivity contribution in [3.8, 4) is 22.3 Å². The number of anilines is 3. The van der Waals surface area contributed by atoms with Crippen LogP contribution in [0.1, 0.15) is 158 Å². The predicted octanol–water partition coefficient (Wildman–Crippen LogP) is 15.0. The first kappa shape index (κ1) is 36.5. The van der Waals surface area contributed by atoms with E-state index in [0.717, 1.165) is 0 Å². The van der Waals surface area contributed by atoms with Crippen LogP contribution in [-0.2, 0) is 39.9 Å². The van der Waals surface area contributed by atoms with Crippen LogP contribution in [0.2, 0.25) is 0 Å². The molecule has 0 aliphatic heterocycles. The molecule has 4 aliphatic carbocycles. The molecule has 0 radical (unpaired) electrons. The van der Waals surface area contributed by atoms with E-state index in [-0.39, 0.29) is 27.1 Å². The second-order valence-corrected chi connectivity index (χ2v) is 21.0. The molecule has 9 rings (SSSR count). The third-order valence-electron chi connectivity index (χ3n) is 15.0. The van der Waals surface area contributed by atoms with Gasteiger partial charge in [-0.2, -0.15) is 0 Å². The van der Waals surface area contributed by atoms with E-state index in [2.05, 4.69) is 166 Å². The zero-order valence-electron chi connectivity index (χ0n) is 35.7. The molecule has 0 saturated heterocycles. The lowest BCUT2D eigenvalue weighted by Gasteiger charge is -2.47. The molecule has 1 nitrogen and oxygen atoms in total. The van der Waals surface area contributed by atoms with Crippen LogP contribution in [0, 0.1) is 6.92 Å². The minimum atomic E-state index is -0.121. The number of fused-ring (bicyclic) bond motifs is 6. The molecule has 1 heteroatoms. The summed E-state index contributed by atoms with van der Waals surface area (Å²) in [5.41, 5.74) is 23.1. The van der Waals surface area contributed by atoms with Crippen LogP contribution in [0.3, 0.4) is 0 Å². The number of rotatable bonds is 4. The van der Waals surface area contributed by atoms with Gasteiger partial charge in [-0.25, -0.2) is 0 Å². The summed E-state index contributed by atoms with van der Waals surface area (Å²) in [5, 5.41) is 0. The maximum Gasteiger partial charge on any atom is 0.0543 e. The molecule has 0 N–H and O–H groups in total. The summed E-state index contributed by atoms with van der Waals surface area (Å²) in [4.78, 5) is 2.79. The zero-order chi connectivity index (χ0) is 38.9. The van der Waals surface area contributed by atoms with Crippen LogP contribution >= 0.6 is 0 Å². The SMILES string of the molecule is Cc1cc2c(cc1-c1cc3c(cc1N(c1cccc4c1C(C)(C)CCC4(C)C)c1cccc4c1C(C)(C)CCC4(C)C)C(C)(C)c1ccccc1-3)CCCC2. The second-order valence-electron chi connectivity index (χ2n) is 21.0. The Balaban J connectivity index is 1.45. The molecule has 0 unspecified atom stereocenters.